The molecule has 4 nitrogen and oxygen atoms in total. The molecule has 0 radical (unpaired) electrons. The molecule has 0 saturated heterocycles. The number of H-pyrrole nitrogens is 1. The number of aliphatic hydroxyl groups excluding tert-OH is 1. The molecule has 0 saturated carbocycles. The van der Waals surface area contributed by atoms with Crippen molar-refractivity contribution in [1.29, 1.82) is 0 Å². The first-order chi connectivity index (χ1) is 6.79. The second-order valence-corrected chi connectivity index (χ2v) is 2.69. The Kier molecular flexibility index (Phi) is 2.09. The summed E-state index contributed by atoms with van der Waals surface area (Å²) in [5.41, 5.74) is 1.82. The zero-order valence-corrected chi connectivity index (χ0v) is 7.20. The summed E-state index contributed by atoms with van der Waals surface area (Å²) in [5.74, 6) is 4.75. The Morgan fingerprint density at radius 3 is 3.14 bits per heavy atom. The van der Waals surface area contributed by atoms with Crippen LogP contribution >= 0.6 is 0 Å². The molecule has 4 heteroatoms. The molecule has 1 aromatic carbocycles. The SMILES string of the molecule is O=c1[nH]c2ccc(C#CCO)cc2o1. The summed E-state index contributed by atoms with van der Waals surface area (Å²) in [5, 5.41) is 8.49. The maximum Gasteiger partial charge on any atom is 0.417 e. The van der Waals surface area contributed by atoms with Crippen LogP contribution in [0.5, 0.6) is 0 Å². The summed E-state index contributed by atoms with van der Waals surface area (Å²) in [4.78, 5) is 13.3. The topological polar surface area (TPSA) is 66.2 Å². The predicted octanol–water partition coefficient (Wildman–Crippen LogP) is 0.465. The van der Waals surface area contributed by atoms with Crippen LogP contribution in [0.4, 0.5) is 0 Å². The summed E-state index contributed by atoms with van der Waals surface area (Å²) in [6.45, 7) is -0.185. The van der Waals surface area contributed by atoms with E-state index in [-0.39, 0.29) is 6.61 Å². The highest BCUT2D eigenvalue weighted by Gasteiger charge is 1.99. The van der Waals surface area contributed by atoms with Crippen LogP contribution in [0.2, 0.25) is 0 Å². The maximum absolute atomic E-state index is 10.8. The summed E-state index contributed by atoms with van der Waals surface area (Å²) in [6.07, 6.45) is 0. The van der Waals surface area contributed by atoms with E-state index in [9.17, 15) is 4.79 Å². The van der Waals surface area contributed by atoms with Crippen molar-refractivity contribution in [2.24, 2.45) is 0 Å². The molecule has 70 valence electrons. The molecule has 0 bridgehead atoms. The molecule has 14 heavy (non-hydrogen) atoms. The van der Waals surface area contributed by atoms with Crippen molar-refractivity contribution in [2.75, 3.05) is 6.61 Å². The lowest BCUT2D eigenvalue weighted by Gasteiger charge is -1.88. The van der Waals surface area contributed by atoms with Crippen molar-refractivity contribution in [3.05, 3.63) is 34.3 Å². The maximum atomic E-state index is 10.8. The van der Waals surface area contributed by atoms with Gasteiger partial charge in [-0.05, 0) is 18.2 Å². The molecule has 1 heterocycles. The molecule has 0 spiro atoms. The summed E-state index contributed by atoms with van der Waals surface area (Å²) in [7, 11) is 0. The molecule has 2 N–H and O–H groups in total. The van der Waals surface area contributed by atoms with Crippen LogP contribution in [0.3, 0.4) is 0 Å². The fourth-order valence-corrected chi connectivity index (χ4v) is 1.16. The minimum absolute atomic E-state index is 0.185. The van der Waals surface area contributed by atoms with Crippen LogP contribution in [0, 0.1) is 11.8 Å². The Balaban J connectivity index is 2.55. The van der Waals surface area contributed by atoms with E-state index in [1.165, 1.54) is 0 Å². The largest absolute Gasteiger partial charge is 0.417 e. The van der Waals surface area contributed by atoms with Gasteiger partial charge in [-0.3, -0.25) is 4.98 Å². The van der Waals surface area contributed by atoms with Gasteiger partial charge < -0.3 is 9.52 Å². The van der Waals surface area contributed by atoms with Crippen LogP contribution in [0.15, 0.2) is 27.4 Å². The lowest BCUT2D eigenvalue weighted by molar-refractivity contribution is 0.350. The van der Waals surface area contributed by atoms with E-state index in [2.05, 4.69) is 16.8 Å². The van der Waals surface area contributed by atoms with Gasteiger partial charge in [0.1, 0.15) is 6.61 Å². The molecule has 2 rings (SSSR count). The number of aliphatic hydroxyl groups is 1. The highest BCUT2D eigenvalue weighted by molar-refractivity contribution is 5.73. The number of fused-ring (bicyclic) bond motifs is 1. The van der Waals surface area contributed by atoms with Gasteiger partial charge in [0.25, 0.3) is 0 Å². The molecule has 2 aromatic rings. The van der Waals surface area contributed by atoms with Crippen LogP contribution in [0.25, 0.3) is 11.1 Å². The van der Waals surface area contributed by atoms with E-state index < -0.39 is 5.76 Å². The van der Waals surface area contributed by atoms with Gasteiger partial charge >= 0.3 is 5.76 Å². The Bertz CT molecular complexity index is 568. The van der Waals surface area contributed by atoms with Gasteiger partial charge in [-0.15, -0.1) is 0 Å². The first-order valence-electron chi connectivity index (χ1n) is 4.02. The van der Waals surface area contributed by atoms with E-state index in [0.29, 0.717) is 16.7 Å². The molecule has 0 fully saturated rings. The lowest BCUT2D eigenvalue weighted by Crippen LogP contribution is -1.92. The molecule has 0 aliphatic rings. The van der Waals surface area contributed by atoms with E-state index in [4.69, 9.17) is 9.52 Å². The van der Waals surface area contributed by atoms with Crippen molar-refractivity contribution in [3.63, 3.8) is 0 Å². The average molecular weight is 189 g/mol. The number of benzene rings is 1. The Morgan fingerprint density at radius 1 is 1.50 bits per heavy atom. The van der Waals surface area contributed by atoms with Gasteiger partial charge in [-0.2, -0.15) is 0 Å². The number of aromatic amines is 1. The van der Waals surface area contributed by atoms with Crippen LogP contribution in [0.1, 0.15) is 5.56 Å². The normalized spacial score (nSPS) is 9.79. The molecule has 0 unspecified atom stereocenters. The van der Waals surface area contributed by atoms with Crippen molar-refractivity contribution < 1.29 is 9.52 Å². The first-order valence-corrected chi connectivity index (χ1v) is 4.02. The van der Waals surface area contributed by atoms with Crippen LogP contribution in [-0.4, -0.2) is 16.7 Å². The molecular formula is C10H7NO3. The zero-order valence-electron chi connectivity index (χ0n) is 7.20. The van der Waals surface area contributed by atoms with Gasteiger partial charge in [-0.25, -0.2) is 4.79 Å². The number of oxazole rings is 1. The van der Waals surface area contributed by atoms with Gasteiger partial charge in [0.15, 0.2) is 5.58 Å². The van der Waals surface area contributed by atoms with Gasteiger partial charge in [-0.1, -0.05) is 11.8 Å². The smallest absolute Gasteiger partial charge is 0.408 e. The van der Waals surface area contributed by atoms with E-state index in [1.807, 2.05) is 0 Å². The van der Waals surface area contributed by atoms with Crippen molar-refractivity contribution >= 4 is 11.1 Å². The highest BCUT2D eigenvalue weighted by Crippen LogP contribution is 2.11. The summed E-state index contributed by atoms with van der Waals surface area (Å²) >= 11 is 0. The third-order valence-electron chi connectivity index (χ3n) is 1.73. The van der Waals surface area contributed by atoms with Crippen LogP contribution < -0.4 is 5.76 Å². The molecule has 0 amide bonds. The average Bonchev–Trinajstić information content (AvgIpc) is 2.54. The standard InChI is InChI=1S/C10H7NO3/c12-5-1-2-7-3-4-8-9(6-7)14-10(13)11-8/h3-4,6,12H,5H2,(H,11,13). The Labute approximate surface area is 79.2 Å². The van der Waals surface area contributed by atoms with Crippen molar-refractivity contribution in [1.82, 2.24) is 4.98 Å². The third kappa shape index (κ3) is 1.53. The Morgan fingerprint density at radius 2 is 2.36 bits per heavy atom. The van der Waals surface area contributed by atoms with Gasteiger partial charge in [0.2, 0.25) is 0 Å². The van der Waals surface area contributed by atoms with Crippen LogP contribution in [-0.2, 0) is 0 Å². The first kappa shape index (κ1) is 8.60. The monoisotopic (exact) mass is 189 g/mol. The van der Waals surface area contributed by atoms with Crippen molar-refractivity contribution in [3.8, 4) is 11.8 Å². The van der Waals surface area contributed by atoms with E-state index in [1.54, 1.807) is 18.2 Å². The minimum Gasteiger partial charge on any atom is -0.408 e. The van der Waals surface area contributed by atoms with Gasteiger partial charge in [0, 0.05) is 5.56 Å². The second kappa shape index (κ2) is 3.40. The number of aromatic nitrogens is 1. The summed E-state index contributed by atoms with van der Waals surface area (Å²) in [6, 6.07) is 5.11. The number of rotatable bonds is 0. The number of nitrogens with one attached hydrogen (secondary N) is 1. The molecule has 0 aliphatic carbocycles. The number of hydrogen-bond acceptors (Lipinski definition) is 3. The van der Waals surface area contributed by atoms with E-state index in [0.717, 1.165) is 0 Å². The summed E-state index contributed by atoms with van der Waals surface area (Å²) < 4.78 is 4.85. The van der Waals surface area contributed by atoms with Crippen molar-refractivity contribution in [2.45, 2.75) is 0 Å². The molecule has 0 atom stereocenters. The fraction of sp³-hybridized carbons (Fsp3) is 0.100. The Hall–Kier alpha value is -1.99. The predicted molar refractivity (Wildman–Crippen MR) is 50.8 cm³/mol. The molecule has 1 aromatic heterocycles. The number of hydrogen-bond donors (Lipinski definition) is 2. The fourth-order valence-electron chi connectivity index (χ4n) is 1.16. The van der Waals surface area contributed by atoms with Gasteiger partial charge in [0.05, 0.1) is 5.52 Å². The lowest BCUT2D eigenvalue weighted by atomic mass is 10.2. The van der Waals surface area contributed by atoms with E-state index >= 15 is 0 Å². The second-order valence-electron chi connectivity index (χ2n) is 2.69. The molecular weight excluding hydrogens is 182 g/mol. The quantitative estimate of drug-likeness (QED) is 0.592. The highest BCUT2D eigenvalue weighted by atomic mass is 16.4. The molecule has 0 aliphatic heterocycles. The minimum atomic E-state index is -0.479. The third-order valence-corrected chi connectivity index (χ3v) is 1.73. The zero-order chi connectivity index (χ0) is 9.97.